The molecule has 0 aromatic rings. The Balaban J connectivity index is 1.96. The van der Waals surface area contributed by atoms with E-state index >= 15 is 0 Å². The van der Waals surface area contributed by atoms with Crippen molar-refractivity contribution in [3.05, 3.63) is 60.8 Å². The van der Waals surface area contributed by atoms with Gasteiger partial charge in [-0.1, -0.05) is 100 Å². The molecule has 12 atom stereocenters. The van der Waals surface area contributed by atoms with Crippen molar-refractivity contribution in [2.45, 2.75) is 184 Å². The zero-order chi connectivity index (χ0) is 41.8. The number of carbonyl (C=O) groups is 1. The fourth-order valence-electron chi connectivity index (χ4n) is 6.42. The molecule has 9 N–H and O–H groups in total. The van der Waals surface area contributed by atoms with Gasteiger partial charge in [0.05, 0.1) is 32.0 Å². The van der Waals surface area contributed by atoms with Gasteiger partial charge in [-0.2, -0.15) is 0 Å². The molecule has 328 valence electrons. The molecule has 0 bridgehead atoms. The third-order valence-corrected chi connectivity index (χ3v) is 9.90. The first-order valence-electron chi connectivity index (χ1n) is 21.0. The Morgan fingerprint density at radius 3 is 1.89 bits per heavy atom. The van der Waals surface area contributed by atoms with Crippen LogP contribution in [0.15, 0.2) is 60.8 Å². The summed E-state index contributed by atoms with van der Waals surface area (Å²) in [6.45, 7) is 2.50. The molecule has 2 fully saturated rings. The Hall–Kier alpha value is -2.31. The smallest absolute Gasteiger partial charge is 0.220 e. The van der Waals surface area contributed by atoms with Crippen LogP contribution in [0.3, 0.4) is 0 Å². The van der Waals surface area contributed by atoms with E-state index in [2.05, 4.69) is 67.8 Å². The van der Waals surface area contributed by atoms with Gasteiger partial charge in [0.2, 0.25) is 5.91 Å². The molecule has 14 nitrogen and oxygen atoms in total. The van der Waals surface area contributed by atoms with Crippen LogP contribution in [0.4, 0.5) is 0 Å². The first kappa shape index (κ1) is 50.8. The van der Waals surface area contributed by atoms with Gasteiger partial charge in [0, 0.05) is 6.42 Å². The molecule has 2 saturated heterocycles. The van der Waals surface area contributed by atoms with Crippen molar-refractivity contribution < 1.29 is 64.6 Å². The average Bonchev–Trinajstić information content (AvgIpc) is 3.21. The molecule has 2 heterocycles. The first-order valence-corrected chi connectivity index (χ1v) is 21.0. The molecule has 0 saturated carbocycles. The minimum Gasteiger partial charge on any atom is -0.394 e. The lowest BCUT2D eigenvalue weighted by molar-refractivity contribution is -0.359. The van der Waals surface area contributed by atoms with E-state index in [9.17, 15) is 45.6 Å². The number of nitrogens with one attached hydrogen (secondary N) is 1. The van der Waals surface area contributed by atoms with Crippen molar-refractivity contribution in [3.63, 3.8) is 0 Å². The summed E-state index contributed by atoms with van der Waals surface area (Å²) in [7, 11) is 0. The van der Waals surface area contributed by atoms with E-state index in [1.807, 2.05) is 6.08 Å². The summed E-state index contributed by atoms with van der Waals surface area (Å²) in [5, 5.41) is 86.1. The summed E-state index contributed by atoms with van der Waals surface area (Å²) < 4.78 is 22.5. The van der Waals surface area contributed by atoms with Crippen LogP contribution in [0.1, 0.15) is 110 Å². The van der Waals surface area contributed by atoms with Gasteiger partial charge in [0.15, 0.2) is 12.6 Å². The van der Waals surface area contributed by atoms with E-state index in [1.54, 1.807) is 6.08 Å². The van der Waals surface area contributed by atoms with Gasteiger partial charge in [0.25, 0.3) is 0 Å². The van der Waals surface area contributed by atoms with Crippen LogP contribution in [0, 0.1) is 0 Å². The van der Waals surface area contributed by atoms with Gasteiger partial charge in [-0.15, -0.1) is 0 Å². The second kappa shape index (κ2) is 30.7. The van der Waals surface area contributed by atoms with Gasteiger partial charge in [0.1, 0.15) is 48.8 Å². The molecule has 57 heavy (non-hydrogen) atoms. The lowest BCUT2D eigenvalue weighted by Gasteiger charge is -2.46. The molecule has 0 spiro atoms. The van der Waals surface area contributed by atoms with Crippen LogP contribution in [0.25, 0.3) is 0 Å². The third-order valence-electron chi connectivity index (χ3n) is 9.90. The Labute approximate surface area is 339 Å². The second-order valence-electron chi connectivity index (χ2n) is 14.7. The topological polar surface area (TPSA) is 228 Å². The fraction of sp³-hybridized carbons (Fsp3) is 0.744. The van der Waals surface area contributed by atoms with Gasteiger partial charge >= 0.3 is 0 Å². The van der Waals surface area contributed by atoms with E-state index in [-0.39, 0.29) is 18.9 Å². The Morgan fingerprint density at radius 2 is 1.23 bits per heavy atom. The van der Waals surface area contributed by atoms with Crippen molar-refractivity contribution in [2.24, 2.45) is 0 Å². The van der Waals surface area contributed by atoms with Crippen molar-refractivity contribution in [1.82, 2.24) is 5.32 Å². The maximum Gasteiger partial charge on any atom is 0.220 e. The van der Waals surface area contributed by atoms with E-state index < -0.39 is 86.8 Å². The molecule has 0 aliphatic carbocycles. The molecule has 12 unspecified atom stereocenters. The van der Waals surface area contributed by atoms with E-state index in [4.69, 9.17) is 18.9 Å². The normalized spacial score (nSPS) is 29.7. The lowest BCUT2D eigenvalue weighted by atomic mass is 9.97. The molecule has 0 radical (unpaired) electrons. The monoisotopic (exact) mass is 812 g/mol. The number of allylic oxidation sites excluding steroid dienone is 9. The maximum absolute atomic E-state index is 13.0. The standard InChI is InChI=1S/C43H73NO13/c1-3-5-7-9-11-13-15-16-17-19-21-23-25-27-35(48)44-31(32(47)26-24-22-20-18-14-12-10-8-6-4-2)30-54-42-40(53)38(51)41(34(29-46)56-42)57-43-39(52)37(50)36(49)33(28-45)55-43/h6-9,13-15,18,24,26,31-34,36-43,45-47,49-53H,3-5,10-12,16-17,19-23,25,27-30H2,1-2H3,(H,44,48)/b8-6+,9-7-,15-13-,18-14+,26-24+. The Morgan fingerprint density at radius 1 is 0.649 bits per heavy atom. The number of aliphatic hydroxyl groups excluding tert-OH is 8. The minimum atomic E-state index is -1.79. The third kappa shape index (κ3) is 19.5. The zero-order valence-electron chi connectivity index (χ0n) is 34.0. The van der Waals surface area contributed by atoms with Crippen LogP contribution in [-0.4, -0.2) is 140 Å². The number of aliphatic hydroxyl groups is 8. The van der Waals surface area contributed by atoms with Gasteiger partial charge in [-0.3, -0.25) is 4.79 Å². The summed E-state index contributed by atoms with van der Waals surface area (Å²) in [5.41, 5.74) is 0. The van der Waals surface area contributed by atoms with Crippen LogP contribution in [0.2, 0.25) is 0 Å². The van der Waals surface area contributed by atoms with Crippen molar-refractivity contribution >= 4 is 5.91 Å². The van der Waals surface area contributed by atoms with E-state index in [0.29, 0.717) is 12.8 Å². The Bertz CT molecular complexity index is 1190. The summed E-state index contributed by atoms with van der Waals surface area (Å²) in [6.07, 6.45) is 17.2. The summed E-state index contributed by atoms with van der Waals surface area (Å²) in [5.74, 6) is -0.276. The maximum atomic E-state index is 13.0. The van der Waals surface area contributed by atoms with Gasteiger partial charge in [-0.25, -0.2) is 0 Å². The SMILES string of the molecule is CC/C=C/CC/C=C/CC/C=C/C(O)C(COC1OC(CO)C(OC2OC(CO)C(O)C(O)C2O)C(O)C1O)NC(=O)CCCCCCC/C=C\C/C=C\CCC. The van der Waals surface area contributed by atoms with Crippen LogP contribution in [-0.2, 0) is 23.7 Å². The number of unbranched alkanes of at least 4 members (excludes halogenated alkanes) is 8. The highest BCUT2D eigenvalue weighted by Crippen LogP contribution is 2.29. The molecule has 2 aliphatic heterocycles. The van der Waals surface area contributed by atoms with Crippen molar-refractivity contribution in [2.75, 3.05) is 19.8 Å². The molecule has 2 aliphatic rings. The van der Waals surface area contributed by atoms with Crippen molar-refractivity contribution in [1.29, 1.82) is 0 Å². The molecular weight excluding hydrogens is 738 g/mol. The molecule has 0 aromatic heterocycles. The Kier molecular flexibility index (Phi) is 27.4. The second-order valence-corrected chi connectivity index (χ2v) is 14.7. The van der Waals surface area contributed by atoms with Crippen LogP contribution >= 0.6 is 0 Å². The lowest BCUT2D eigenvalue weighted by Crippen LogP contribution is -2.65. The number of carbonyl (C=O) groups excluding carboxylic acids is 1. The minimum absolute atomic E-state index is 0.250. The molecule has 1 amide bonds. The summed E-state index contributed by atoms with van der Waals surface area (Å²) >= 11 is 0. The summed E-state index contributed by atoms with van der Waals surface area (Å²) in [6, 6.07) is -0.943. The highest BCUT2D eigenvalue weighted by Gasteiger charge is 2.50. The number of hydrogen-bond donors (Lipinski definition) is 9. The fourth-order valence-corrected chi connectivity index (χ4v) is 6.42. The average molecular weight is 812 g/mol. The molecule has 2 rings (SSSR count). The number of hydrogen-bond acceptors (Lipinski definition) is 13. The molecular formula is C43H73NO13. The predicted molar refractivity (Wildman–Crippen MR) is 217 cm³/mol. The highest BCUT2D eigenvalue weighted by molar-refractivity contribution is 5.76. The molecule has 14 heteroatoms. The predicted octanol–water partition coefficient (Wildman–Crippen LogP) is 3.15. The number of ether oxygens (including phenoxy) is 4. The van der Waals surface area contributed by atoms with Crippen LogP contribution in [0.5, 0.6) is 0 Å². The highest BCUT2D eigenvalue weighted by atomic mass is 16.7. The van der Waals surface area contributed by atoms with E-state index in [0.717, 1.165) is 77.0 Å². The summed E-state index contributed by atoms with van der Waals surface area (Å²) in [4.78, 5) is 13.0. The van der Waals surface area contributed by atoms with Gasteiger partial charge in [-0.05, 0) is 64.2 Å². The van der Waals surface area contributed by atoms with Crippen LogP contribution < -0.4 is 5.32 Å². The largest absolute Gasteiger partial charge is 0.394 e. The molecule has 0 aromatic carbocycles. The van der Waals surface area contributed by atoms with Gasteiger partial charge < -0.3 is 65.1 Å². The zero-order valence-corrected chi connectivity index (χ0v) is 34.0. The quantitative estimate of drug-likeness (QED) is 0.0392. The number of rotatable bonds is 29. The number of amides is 1. The first-order chi connectivity index (χ1) is 27.6. The van der Waals surface area contributed by atoms with E-state index in [1.165, 1.54) is 0 Å². The van der Waals surface area contributed by atoms with Crippen molar-refractivity contribution in [3.8, 4) is 0 Å².